The molecule has 3 N–H and O–H groups in total. The van der Waals surface area contributed by atoms with Gasteiger partial charge >= 0.3 is 6.03 Å². The van der Waals surface area contributed by atoms with Crippen LogP contribution in [0.2, 0.25) is 0 Å². The number of carbonyl (C=O) groups excluding carboxylic acids is 1. The van der Waals surface area contributed by atoms with Gasteiger partial charge in [-0.3, -0.25) is 0 Å². The summed E-state index contributed by atoms with van der Waals surface area (Å²) < 4.78 is 0. The topological polar surface area (TPSA) is 64.6 Å². The molecule has 128 valence electrons. The summed E-state index contributed by atoms with van der Waals surface area (Å²) in [5.41, 5.74) is 2.18. The van der Waals surface area contributed by atoms with E-state index in [2.05, 4.69) is 29.4 Å². The molecular weight excluding hydrogens is 290 g/mol. The summed E-state index contributed by atoms with van der Waals surface area (Å²) in [6, 6.07) is 7.69. The van der Waals surface area contributed by atoms with Gasteiger partial charge in [-0.2, -0.15) is 0 Å². The van der Waals surface area contributed by atoms with Gasteiger partial charge in [0.05, 0.1) is 12.6 Å². The van der Waals surface area contributed by atoms with E-state index in [-0.39, 0.29) is 24.7 Å². The van der Waals surface area contributed by atoms with Gasteiger partial charge in [0.25, 0.3) is 0 Å². The number of benzene rings is 1. The fraction of sp³-hybridized carbons (Fsp3) is 0.611. The quantitative estimate of drug-likeness (QED) is 0.752. The number of rotatable bonds is 6. The number of amides is 2. The number of aliphatic hydroxyl groups is 1. The number of urea groups is 1. The molecule has 23 heavy (non-hydrogen) atoms. The molecular formula is C18H29N3O2. The van der Waals surface area contributed by atoms with Crippen molar-refractivity contribution in [3.63, 3.8) is 0 Å². The molecule has 0 spiro atoms. The molecule has 0 aliphatic carbocycles. The molecule has 1 aromatic carbocycles. The Hall–Kier alpha value is -1.59. The molecule has 2 rings (SSSR count). The number of likely N-dealkylation sites (tertiary alicyclic amines) is 1. The number of hydrogen-bond donors (Lipinski definition) is 3. The van der Waals surface area contributed by atoms with Crippen molar-refractivity contribution in [3.05, 3.63) is 35.4 Å². The molecule has 1 saturated heterocycles. The first-order chi connectivity index (χ1) is 11.2. The molecule has 1 fully saturated rings. The summed E-state index contributed by atoms with van der Waals surface area (Å²) in [5, 5.41) is 15.5. The first kappa shape index (κ1) is 17.8. The first-order valence-corrected chi connectivity index (χ1v) is 8.65. The zero-order valence-electron chi connectivity index (χ0n) is 14.2. The van der Waals surface area contributed by atoms with Crippen LogP contribution in [0, 0.1) is 0 Å². The smallest absolute Gasteiger partial charge is 0.315 e. The van der Waals surface area contributed by atoms with Crippen molar-refractivity contribution in [1.82, 2.24) is 15.5 Å². The van der Waals surface area contributed by atoms with E-state index in [9.17, 15) is 9.90 Å². The number of hydrogen-bond acceptors (Lipinski definition) is 3. The van der Waals surface area contributed by atoms with Crippen LogP contribution >= 0.6 is 0 Å². The van der Waals surface area contributed by atoms with E-state index in [1.807, 2.05) is 24.3 Å². The summed E-state index contributed by atoms with van der Waals surface area (Å²) in [6.07, 6.45) is 2.95. The number of nitrogens with zero attached hydrogens (tertiary/aromatic N) is 1. The highest BCUT2D eigenvalue weighted by Crippen LogP contribution is 2.14. The van der Waals surface area contributed by atoms with Gasteiger partial charge in [0.2, 0.25) is 0 Å². The second kappa shape index (κ2) is 8.89. The number of nitrogens with one attached hydrogen (secondary N) is 2. The van der Waals surface area contributed by atoms with E-state index in [0.717, 1.165) is 44.5 Å². The Morgan fingerprint density at radius 1 is 1.26 bits per heavy atom. The Kier molecular flexibility index (Phi) is 6.86. The molecule has 5 heteroatoms. The SMILES string of the molecule is CCc1ccc(C(CO)NC(=O)NC2CCN(CC)CC2)cc1. The second-order valence-electron chi connectivity index (χ2n) is 6.16. The maximum absolute atomic E-state index is 12.2. The van der Waals surface area contributed by atoms with Crippen molar-refractivity contribution in [2.75, 3.05) is 26.2 Å². The number of piperidine rings is 1. The summed E-state index contributed by atoms with van der Waals surface area (Å²) in [7, 11) is 0. The molecule has 1 aliphatic heterocycles. The van der Waals surface area contributed by atoms with Gasteiger partial charge in [0.15, 0.2) is 0 Å². The van der Waals surface area contributed by atoms with Gasteiger partial charge in [-0.25, -0.2) is 4.79 Å². The van der Waals surface area contributed by atoms with Crippen LogP contribution in [-0.2, 0) is 6.42 Å². The van der Waals surface area contributed by atoms with E-state index in [1.165, 1.54) is 5.56 Å². The molecule has 1 unspecified atom stereocenters. The maximum Gasteiger partial charge on any atom is 0.315 e. The van der Waals surface area contributed by atoms with Crippen molar-refractivity contribution in [3.8, 4) is 0 Å². The van der Waals surface area contributed by atoms with Crippen molar-refractivity contribution in [1.29, 1.82) is 0 Å². The van der Waals surface area contributed by atoms with Crippen LogP contribution in [0.5, 0.6) is 0 Å². The van der Waals surface area contributed by atoms with Crippen LogP contribution in [0.4, 0.5) is 4.79 Å². The summed E-state index contributed by atoms with van der Waals surface area (Å²) in [6.45, 7) is 7.29. The lowest BCUT2D eigenvalue weighted by molar-refractivity contribution is 0.191. The van der Waals surface area contributed by atoms with Gasteiger partial charge in [-0.05, 0) is 36.9 Å². The fourth-order valence-corrected chi connectivity index (χ4v) is 3.00. The van der Waals surface area contributed by atoms with E-state index in [4.69, 9.17) is 0 Å². The van der Waals surface area contributed by atoms with E-state index < -0.39 is 0 Å². The zero-order chi connectivity index (χ0) is 16.7. The molecule has 0 bridgehead atoms. The Labute approximate surface area is 139 Å². The van der Waals surface area contributed by atoms with Gasteiger partial charge in [0, 0.05) is 19.1 Å². The molecule has 1 aromatic rings. The average Bonchev–Trinajstić information content (AvgIpc) is 2.60. The summed E-state index contributed by atoms with van der Waals surface area (Å²) in [5.74, 6) is 0. The number of aliphatic hydroxyl groups excluding tert-OH is 1. The monoisotopic (exact) mass is 319 g/mol. The third-order valence-corrected chi connectivity index (χ3v) is 4.65. The minimum absolute atomic E-state index is 0.104. The van der Waals surface area contributed by atoms with Crippen LogP contribution in [-0.4, -0.2) is 48.3 Å². The number of aryl methyl sites for hydroxylation is 1. The predicted molar refractivity (Wildman–Crippen MR) is 92.5 cm³/mol. The Bertz CT molecular complexity index is 482. The highest BCUT2D eigenvalue weighted by molar-refractivity contribution is 5.74. The molecule has 2 amide bonds. The average molecular weight is 319 g/mol. The zero-order valence-corrected chi connectivity index (χ0v) is 14.2. The normalized spacial score (nSPS) is 17.7. The first-order valence-electron chi connectivity index (χ1n) is 8.65. The fourth-order valence-electron chi connectivity index (χ4n) is 3.00. The Morgan fingerprint density at radius 2 is 1.91 bits per heavy atom. The number of carbonyl (C=O) groups is 1. The third-order valence-electron chi connectivity index (χ3n) is 4.65. The van der Waals surface area contributed by atoms with Crippen LogP contribution in [0.1, 0.15) is 43.9 Å². The minimum Gasteiger partial charge on any atom is -0.394 e. The van der Waals surface area contributed by atoms with Crippen molar-refractivity contribution in [2.45, 2.75) is 45.2 Å². The molecule has 0 radical (unpaired) electrons. The molecule has 1 aliphatic rings. The Balaban J connectivity index is 1.84. The van der Waals surface area contributed by atoms with Gasteiger partial charge in [-0.15, -0.1) is 0 Å². The largest absolute Gasteiger partial charge is 0.394 e. The summed E-state index contributed by atoms with van der Waals surface area (Å²) >= 11 is 0. The van der Waals surface area contributed by atoms with Crippen molar-refractivity contribution >= 4 is 6.03 Å². The van der Waals surface area contributed by atoms with E-state index in [0.29, 0.717) is 0 Å². The van der Waals surface area contributed by atoms with Crippen LogP contribution in [0.25, 0.3) is 0 Å². The second-order valence-corrected chi connectivity index (χ2v) is 6.16. The molecule has 5 nitrogen and oxygen atoms in total. The maximum atomic E-state index is 12.2. The lowest BCUT2D eigenvalue weighted by Crippen LogP contribution is -2.48. The lowest BCUT2D eigenvalue weighted by Gasteiger charge is -2.31. The lowest BCUT2D eigenvalue weighted by atomic mass is 10.0. The highest BCUT2D eigenvalue weighted by atomic mass is 16.3. The molecule has 0 aromatic heterocycles. The van der Waals surface area contributed by atoms with E-state index >= 15 is 0 Å². The van der Waals surface area contributed by atoms with E-state index in [1.54, 1.807) is 0 Å². The third kappa shape index (κ3) is 5.22. The molecule has 1 atom stereocenters. The van der Waals surface area contributed by atoms with Crippen LogP contribution in [0.3, 0.4) is 0 Å². The molecule has 0 saturated carbocycles. The van der Waals surface area contributed by atoms with Crippen molar-refractivity contribution in [2.24, 2.45) is 0 Å². The predicted octanol–water partition coefficient (Wildman–Crippen LogP) is 2.07. The van der Waals surface area contributed by atoms with Crippen molar-refractivity contribution < 1.29 is 9.90 Å². The van der Waals surface area contributed by atoms with Gasteiger partial charge in [-0.1, -0.05) is 38.1 Å². The molecule has 1 heterocycles. The van der Waals surface area contributed by atoms with Crippen LogP contribution < -0.4 is 10.6 Å². The standard InChI is InChI=1S/C18H29N3O2/c1-3-14-5-7-15(8-6-14)17(13-22)20-18(23)19-16-9-11-21(4-2)12-10-16/h5-8,16-17,22H,3-4,9-13H2,1-2H3,(H2,19,20,23). The summed E-state index contributed by atoms with van der Waals surface area (Å²) in [4.78, 5) is 14.6. The van der Waals surface area contributed by atoms with Crippen LogP contribution in [0.15, 0.2) is 24.3 Å². The highest BCUT2D eigenvalue weighted by Gasteiger charge is 2.21. The minimum atomic E-state index is -0.364. The van der Waals surface area contributed by atoms with Gasteiger partial charge < -0.3 is 20.6 Å². The Morgan fingerprint density at radius 3 is 2.43 bits per heavy atom. The van der Waals surface area contributed by atoms with Gasteiger partial charge in [0.1, 0.15) is 0 Å².